The first kappa shape index (κ1) is 12.6. The number of hydrogen-bond acceptors (Lipinski definition) is 3. The van der Waals surface area contributed by atoms with Crippen molar-refractivity contribution in [1.82, 2.24) is 4.98 Å². The van der Waals surface area contributed by atoms with Gasteiger partial charge in [0, 0.05) is 12.7 Å². The number of pyridine rings is 1. The van der Waals surface area contributed by atoms with E-state index < -0.39 is 11.7 Å². The highest BCUT2D eigenvalue weighted by molar-refractivity contribution is 5.61. The molecule has 1 aromatic heterocycles. The quantitative estimate of drug-likeness (QED) is 0.844. The maximum Gasteiger partial charge on any atom is 0.417 e. The summed E-state index contributed by atoms with van der Waals surface area (Å²) in [5.74, 6) is 0.658. The van der Waals surface area contributed by atoms with Crippen LogP contribution in [-0.2, 0) is 6.18 Å². The summed E-state index contributed by atoms with van der Waals surface area (Å²) in [7, 11) is 0. The van der Waals surface area contributed by atoms with Gasteiger partial charge in [0.1, 0.15) is 5.82 Å². The Hall–Kier alpha value is -1.46. The number of alkyl halides is 3. The number of halogens is 3. The summed E-state index contributed by atoms with van der Waals surface area (Å²) < 4.78 is 36.9. The molecule has 1 rings (SSSR count). The van der Waals surface area contributed by atoms with Crippen molar-refractivity contribution in [3.05, 3.63) is 17.8 Å². The maximum atomic E-state index is 12.3. The molecule has 3 nitrogen and oxygen atoms in total. The van der Waals surface area contributed by atoms with E-state index >= 15 is 0 Å². The molecule has 0 aliphatic heterocycles. The number of rotatable bonds is 3. The van der Waals surface area contributed by atoms with Crippen LogP contribution < -0.4 is 11.1 Å². The van der Waals surface area contributed by atoms with E-state index in [1.807, 2.05) is 13.8 Å². The summed E-state index contributed by atoms with van der Waals surface area (Å²) >= 11 is 0. The Morgan fingerprint density at radius 2 is 2.06 bits per heavy atom. The predicted molar refractivity (Wildman–Crippen MR) is 57.0 cm³/mol. The van der Waals surface area contributed by atoms with Crippen LogP contribution in [-0.4, -0.2) is 11.5 Å². The summed E-state index contributed by atoms with van der Waals surface area (Å²) in [6.45, 7) is 4.57. The van der Waals surface area contributed by atoms with E-state index in [9.17, 15) is 13.2 Å². The third-order valence-corrected chi connectivity index (χ3v) is 1.92. The first-order valence-electron chi connectivity index (χ1n) is 4.87. The molecular weight excluding hydrogens is 219 g/mol. The van der Waals surface area contributed by atoms with Crippen LogP contribution in [0, 0.1) is 5.92 Å². The van der Waals surface area contributed by atoms with E-state index in [1.165, 1.54) is 0 Å². The van der Waals surface area contributed by atoms with Gasteiger partial charge >= 0.3 is 6.18 Å². The lowest BCUT2D eigenvalue weighted by molar-refractivity contribution is -0.137. The summed E-state index contributed by atoms with van der Waals surface area (Å²) in [4.78, 5) is 3.66. The zero-order chi connectivity index (χ0) is 12.3. The van der Waals surface area contributed by atoms with Gasteiger partial charge in [-0.15, -0.1) is 0 Å². The van der Waals surface area contributed by atoms with Gasteiger partial charge < -0.3 is 11.1 Å². The van der Waals surface area contributed by atoms with Crippen LogP contribution in [0.4, 0.5) is 24.7 Å². The van der Waals surface area contributed by atoms with Crippen molar-refractivity contribution in [2.24, 2.45) is 5.92 Å². The zero-order valence-corrected chi connectivity index (χ0v) is 9.10. The third-order valence-electron chi connectivity index (χ3n) is 1.92. The fraction of sp³-hybridized carbons (Fsp3) is 0.500. The monoisotopic (exact) mass is 233 g/mol. The van der Waals surface area contributed by atoms with E-state index in [4.69, 9.17) is 5.73 Å². The fourth-order valence-corrected chi connectivity index (χ4v) is 1.09. The molecule has 16 heavy (non-hydrogen) atoms. The minimum Gasteiger partial charge on any atom is -0.396 e. The number of anilines is 2. The number of aromatic nitrogens is 1. The molecule has 0 aliphatic carbocycles. The second kappa shape index (κ2) is 4.59. The highest BCUT2D eigenvalue weighted by Gasteiger charge is 2.31. The molecular formula is C10H14F3N3. The van der Waals surface area contributed by atoms with E-state index in [-0.39, 0.29) is 5.69 Å². The topological polar surface area (TPSA) is 50.9 Å². The highest BCUT2D eigenvalue weighted by Crippen LogP contribution is 2.31. The van der Waals surface area contributed by atoms with Gasteiger partial charge in [-0.25, -0.2) is 4.98 Å². The first-order valence-corrected chi connectivity index (χ1v) is 4.87. The lowest BCUT2D eigenvalue weighted by Gasteiger charge is -2.12. The molecule has 0 atom stereocenters. The number of nitrogens with zero attached hydrogens (tertiary/aromatic N) is 1. The molecule has 0 bridgehead atoms. The smallest absolute Gasteiger partial charge is 0.396 e. The molecule has 1 aromatic rings. The van der Waals surface area contributed by atoms with Crippen LogP contribution in [0.5, 0.6) is 0 Å². The van der Waals surface area contributed by atoms with Crippen LogP contribution in [0.3, 0.4) is 0 Å². The van der Waals surface area contributed by atoms with Gasteiger partial charge in [0.2, 0.25) is 0 Å². The Kier molecular flexibility index (Phi) is 3.62. The van der Waals surface area contributed by atoms with Crippen LogP contribution in [0.25, 0.3) is 0 Å². The predicted octanol–water partition coefficient (Wildman–Crippen LogP) is 2.75. The standard InChI is InChI=1S/C10H14F3N3/c1-6(2)4-15-9-8(14)3-7(5-16-9)10(11,12)13/h3,5-6H,4,14H2,1-2H3,(H,15,16). The second-order valence-corrected chi connectivity index (χ2v) is 3.93. The fourth-order valence-electron chi connectivity index (χ4n) is 1.09. The van der Waals surface area contributed by atoms with Gasteiger partial charge in [-0.05, 0) is 12.0 Å². The number of nitrogens with two attached hydrogens (primary N) is 1. The second-order valence-electron chi connectivity index (χ2n) is 3.93. The Morgan fingerprint density at radius 1 is 1.44 bits per heavy atom. The lowest BCUT2D eigenvalue weighted by Crippen LogP contribution is -2.13. The number of nitrogen functional groups attached to an aromatic ring is 1. The average Bonchev–Trinajstić information content (AvgIpc) is 2.14. The van der Waals surface area contributed by atoms with Crippen molar-refractivity contribution >= 4 is 11.5 Å². The normalized spacial score (nSPS) is 11.9. The largest absolute Gasteiger partial charge is 0.417 e. The van der Waals surface area contributed by atoms with Crippen LogP contribution in [0.2, 0.25) is 0 Å². The van der Waals surface area contributed by atoms with Gasteiger partial charge in [-0.3, -0.25) is 0 Å². The molecule has 0 spiro atoms. The summed E-state index contributed by atoms with van der Waals surface area (Å²) in [6, 6.07) is 0.885. The minimum absolute atomic E-state index is 0.00970. The Balaban J connectivity index is 2.84. The summed E-state index contributed by atoms with van der Waals surface area (Å²) in [5, 5.41) is 2.89. The van der Waals surface area contributed by atoms with Crippen molar-refractivity contribution in [2.45, 2.75) is 20.0 Å². The molecule has 0 saturated heterocycles. The molecule has 0 amide bonds. The van der Waals surface area contributed by atoms with Gasteiger partial charge in [0.05, 0.1) is 11.3 Å². The van der Waals surface area contributed by atoms with Gasteiger partial charge in [0.25, 0.3) is 0 Å². The van der Waals surface area contributed by atoms with Gasteiger partial charge in [0.15, 0.2) is 0 Å². The molecule has 1 heterocycles. The van der Waals surface area contributed by atoms with E-state index in [1.54, 1.807) is 0 Å². The van der Waals surface area contributed by atoms with Crippen molar-refractivity contribution in [3.8, 4) is 0 Å². The van der Waals surface area contributed by atoms with Crippen molar-refractivity contribution < 1.29 is 13.2 Å². The van der Waals surface area contributed by atoms with E-state index in [0.717, 1.165) is 12.3 Å². The Labute approximate surface area is 91.9 Å². The van der Waals surface area contributed by atoms with Crippen LogP contribution in [0.1, 0.15) is 19.4 Å². The third kappa shape index (κ3) is 3.29. The highest BCUT2D eigenvalue weighted by atomic mass is 19.4. The minimum atomic E-state index is -4.41. The maximum absolute atomic E-state index is 12.3. The lowest BCUT2D eigenvalue weighted by atomic mass is 10.2. The number of nitrogens with one attached hydrogen (secondary N) is 1. The first-order chi connectivity index (χ1) is 7.30. The molecule has 0 fully saturated rings. The molecule has 90 valence electrons. The molecule has 0 aromatic carbocycles. The van der Waals surface area contributed by atoms with E-state index in [0.29, 0.717) is 18.3 Å². The molecule has 6 heteroatoms. The molecule has 0 radical (unpaired) electrons. The summed E-state index contributed by atoms with van der Waals surface area (Å²) in [6.07, 6.45) is -3.63. The average molecular weight is 233 g/mol. The van der Waals surface area contributed by atoms with E-state index in [2.05, 4.69) is 10.3 Å². The molecule has 0 saturated carbocycles. The van der Waals surface area contributed by atoms with Crippen LogP contribution >= 0.6 is 0 Å². The van der Waals surface area contributed by atoms with Gasteiger partial charge in [-0.1, -0.05) is 13.8 Å². The van der Waals surface area contributed by atoms with Crippen molar-refractivity contribution in [1.29, 1.82) is 0 Å². The van der Waals surface area contributed by atoms with Crippen molar-refractivity contribution in [3.63, 3.8) is 0 Å². The van der Waals surface area contributed by atoms with Crippen molar-refractivity contribution in [2.75, 3.05) is 17.6 Å². The number of hydrogen-bond donors (Lipinski definition) is 2. The Morgan fingerprint density at radius 3 is 2.50 bits per heavy atom. The van der Waals surface area contributed by atoms with Crippen LogP contribution in [0.15, 0.2) is 12.3 Å². The molecule has 3 N–H and O–H groups in total. The zero-order valence-electron chi connectivity index (χ0n) is 9.10. The molecule has 0 unspecified atom stereocenters. The SMILES string of the molecule is CC(C)CNc1ncc(C(F)(F)F)cc1N. The Bertz CT molecular complexity index is 361. The molecule has 0 aliphatic rings. The summed E-state index contributed by atoms with van der Waals surface area (Å²) in [5.41, 5.74) is 4.66. The van der Waals surface area contributed by atoms with Gasteiger partial charge in [-0.2, -0.15) is 13.2 Å².